The zero-order valence-electron chi connectivity index (χ0n) is 10.6. The molecule has 1 aliphatic rings. The molecule has 2 nitrogen and oxygen atoms in total. The molecule has 0 aliphatic heterocycles. The normalized spacial score (nSPS) is 18.7. The highest BCUT2D eigenvalue weighted by Crippen LogP contribution is 2.36. The monoisotopic (exact) mass is 330 g/mol. The van der Waals surface area contributed by atoms with Crippen molar-refractivity contribution in [2.45, 2.75) is 25.8 Å². The van der Waals surface area contributed by atoms with E-state index in [0.29, 0.717) is 6.54 Å². The molecule has 1 aromatic carbocycles. The third-order valence-corrected chi connectivity index (χ3v) is 4.93. The topological polar surface area (TPSA) is 38.0 Å². The molecule has 2 atom stereocenters. The molecule has 0 saturated heterocycles. The van der Waals surface area contributed by atoms with Gasteiger partial charge in [0.2, 0.25) is 0 Å². The molecule has 0 heterocycles. The quantitative estimate of drug-likeness (QED) is 0.833. The number of rotatable bonds is 6. The van der Waals surface area contributed by atoms with Crippen molar-refractivity contribution < 1.29 is 0 Å². The fraction of sp³-hybridized carbons (Fsp3) is 0.571. The Hall–Kier alpha value is -0.0900. The van der Waals surface area contributed by atoms with E-state index in [-0.39, 0.29) is 6.04 Å². The van der Waals surface area contributed by atoms with Crippen LogP contribution >= 0.6 is 27.5 Å². The summed E-state index contributed by atoms with van der Waals surface area (Å²) in [4.78, 5) is 0. The summed E-state index contributed by atoms with van der Waals surface area (Å²) >= 11 is 9.53. The predicted octanol–water partition coefficient (Wildman–Crippen LogP) is 3.74. The SMILES string of the molecule is CC(CNC(CN)c1ccc(Br)c(Cl)c1)C1CC1. The van der Waals surface area contributed by atoms with Crippen molar-refractivity contribution in [2.24, 2.45) is 17.6 Å². The molecule has 3 N–H and O–H groups in total. The minimum Gasteiger partial charge on any atom is -0.329 e. The summed E-state index contributed by atoms with van der Waals surface area (Å²) < 4.78 is 0.926. The maximum absolute atomic E-state index is 6.12. The van der Waals surface area contributed by atoms with Crippen LogP contribution in [0, 0.1) is 11.8 Å². The minimum absolute atomic E-state index is 0.191. The maximum Gasteiger partial charge on any atom is 0.0551 e. The summed E-state index contributed by atoms with van der Waals surface area (Å²) in [5.41, 5.74) is 7.01. The summed E-state index contributed by atoms with van der Waals surface area (Å²) in [6.45, 7) is 3.93. The van der Waals surface area contributed by atoms with E-state index in [1.165, 1.54) is 12.8 Å². The number of nitrogens with one attached hydrogen (secondary N) is 1. The summed E-state index contributed by atoms with van der Waals surface area (Å²) in [6, 6.07) is 6.23. The van der Waals surface area contributed by atoms with Crippen molar-refractivity contribution in [1.82, 2.24) is 5.32 Å². The van der Waals surface area contributed by atoms with Crippen LogP contribution in [0.25, 0.3) is 0 Å². The van der Waals surface area contributed by atoms with Gasteiger partial charge in [-0.3, -0.25) is 0 Å². The molecule has 1 aromatic rings. The van der Waals surface area contributed by atoms with Crippen LogP contribution in [0.5, 0.6) is 0 Å². The van der Waals surface area contributed by atoms with E-state index in [2.05, 4.69) is 34.2 Å². The first-order valence-electron chi connectivity index (χ1n) is 6.50. The number of nitrogens with two attached hydrogens (primary N) is 1. The van der Waals surface area contributed by atoms with Crippen LogP contribution in [-0.4, -0.2) is 13.1 Å². The summed E-state index contributed by atoms with van der Waals surface area (Å²) in [6.07, 6.45) is 2.78. The van der Waals surface area contributed by atoms with E-state index in [9.17, 15) is 0 Å². The molecule has 100 valence electrons. The van der Waals surface area contributed by atoms with E-state index >= 15 is 0 Å². The molecule has 1 aliphatic carbocycles. The average molecular weight is 332 g/mol. The second kappa shape index (κ2) is 6.38. The van der Waals surface area contributed by atoms with Crippen molar-refractivity contribution >= 4 is 27.5 Å². The van der Waals surface area contributed by atoms with Crippen molar-refractivity contribution in [3.05, 3.63) is 33.3 Å². The standard InChI is InChI=1S/C14H20BrClN2/c1-9(10-2-3-10)8-18-14(7-17)11-4-5-12(15)13(16)6-11/h4-6,9-10,14,18H,2-3,7-8,17H2,1H3. The maximum atomic E-state index is 6.12. The molecule has 0 spiro atoms. The van der Waals surface area contributed by atoms with Crippen LogP contribution in [0.15, 0.2) is 22.7 Å². The van der Waals surface area contributed by atoms with Crippen LogP contribution in [0.4, 0.5) is 0 Å². The highest BCUT2D eigenvalue weighted by Gasteiger charge is 2.28. The van der Waals surface area contributed by atoms with Crippen LogP contribution in [0.2, 0.25) is 5.02 Å². The average Bonchev–Trinajstić information content (AvgIpc) is 3.18. The van der Waals surface area contributed by atoms with E-state index in [4.69, 9.17) is 17.3 Å². The number of hydrogen-bond donors (Lipinski definition) is 2. The van der Waals surface area contributed by atoms with Crippen molar-refractivity contribution in [3.63, 3.8) is 0 Å². The zero-order chi connectivity index (χ0) is 13.1. The van der Waals surface area contributed by atoms with E-state index in [1.807, 2.05) is 12.1 Å². The Bertz CT molecular complexity index is 407. The van der Waals surface area contributed by atoms with Gasteiger partial charge in [-0.2, -0.15) is 0 Å². The molecule has 1 saturated carbocycles. The van der Waals surface area contributed by atoms with Gasteiger partial charge in [-0.25, -0.2) is 0 Å². The number of halogens is 2. The van der Waals surface area contributed by atoms with Crippen molar-refractivity contribution in [2.75, 3.05) is 13.1 Å². The van der Waals surface area contributed by atoms with E-state index in [1.54, 1.807) is 0 Å². The fourth-order valence-electron chi connectivity index (χ4n) is 2.23. The molecule has 18 heavy (non-hydrogen) atoms. The van der Waals surface area contributed by atoms with Crippen LogP contribution in [0.1, 0.15) is 31.4 Å². The molecule has 0 aromatic heterocycles. The Balaban J connectivity index is 1.96. The third kappa shape index (κ3) is 3.70. The summed E-state index contributed by atoms with van der Waals surface area (Å²) in [5, 5.41) is 4.29. The fourth-order valence-corrected chi connectivity index (χ4v) is 2.66. The van der Waals surface area contributed by atoms with Gasteiger partial charge >= 0.3 is 0 Å². The second-order valence-corrected chi connectivity index (χ2v) is 6.45. The minimum atomic E-state index is 0.191. The lowest BCUT2D eigenvalue weighted by atomic mass is 10.0. The Morgan fingerprint density at radius 1 is 1.50 bits per heavy atom. The molecule has 0 amide bonds. The van der Waals surface area contributed by atoms with Crippen molar-refractivity contribution in [1.29, 1.82) is 0 Å². The smallest absolute Gasteiger partial charge is 0.0551 e. The van der Waals surface area contributed by atoms with Gasteiger partial charge in [-0.1, -0.05) is 24.6 Å². The van der Waals surface area contributed by atoms with Gasteiger partial charge in [-0.15, -0.1) is 0 Å². The largest absolute Gasteiger partial charge is 0.329 e. The van der Waals surface area contributed by atoms with Gasteiger partial charge in [0.05, 0.1) is 5.02 Å². The molecule has 0 bridgehead atoms. The molecule has 1 fully saturated rings. The summed E-state index contributed by atoms with van der Waals surface area (Å²) in [7, 11) is 0. The first kappa shape index (κ1) is 14.3. The van der Waals surface area contributed by atoms with E-state index < -0.39 is 0 Å². The Morgan fingerprint density at radius 3 is 2.78 bits per heavy atom. The van der Waals surface area contributed by atoms with Gasteiger partial charge in [0, 0.05) is 17.1 Å². The van der Waals surface area contributed by atoms with Gasteiger partial charge in [0.1, 0.15) is 0 Å². The lowest BCUT2D eigenvalue weighted by molar-refractivity contribution is 0.422. The molecule has 2 unspecified atom stereocenters. The molecule has 2 rings (SSSR count). The van der Waals surface area contributed by atoms with Crippen molar-refractivity contribution in [3.8, 4) is 0 Å². The van der Waals surface area contributed by atoms with Crippen LogP contribution < -0.4 is 11.1 Å². The number of hydrogen-bond acceptors (Lipinski definition) is 2. The Morgan fingerprint density at radius 2 is 2.22 bits per heavy atom. The predicted molar refractivity (Wildman–Crippen MR) is 80.8 cm³/mol. The van der Waals surface area contributed by atoms with Gasteiger partial charge < -0.3 is 11.1 Å². The van der Waals surface area contributed by atoms with Gasteiger partial charge in [-0.05, 0) is 64.8 Å². The number of benzene rings is 1. The first-order valence-corrected chi connectivity index (χ1v) is 7.67. The van der Waals surface area contributed by atoms with Gasteiger partial charge in [0.15, 0.2) is 0 Å². The first-order chi connectivity index (χ1) is 8.61. The zero-order valence-corrected chi connectivity index (χ0v) is 13.0. The molecular weight excluding hydrogens is 312 g/mol. The molecule has 0 radical (unpaired) electrons. The Labute approximate surface area is 122 Å². The Kier molecular flexibility index (Phi) is 5.07. The highest BCUT2D eigenvalue weighted by molar-refractivity contribution is 9.10. The van der Waals surface area contributed by atoms with E-state index in [0.717, 1.165) is 33.4 Å². The lowest BCUT2D eigenvalue weighted by Gasteiger charge is -2.20. The third-order valence-electron chi connectivity index (χ3n) is 3.69. The molecule has 4 heteroatoms. The van der Waals surface area contributed by atoms with Crippen LogP contribution in [-0.2, 0) is 0 Å². The second-order valence-electron chi connectivity index (χ2n) is 5.18. The summed E-state index contributed by atoms with van der Waals surface area (Å²) in [5.74, 6) is 1.66. The highest BCUT2D eigenvalue weighted by atomic mass is 79.9. The lowest BCUT2D eigenvalue weighted by Crippen LogP contribution is -2.32. The van der Waals surface area contributed by atoms with Gasteiger partial charge in [0.25, 0.3) is 0 Å². The van der Waals surface area contributed by atoms with Crippen LogP contribution in [0.3, 0.4) is 0 Å². The molecular formula is C14H20BrClN2.